The third kappa shape index (κ3) is 3.72. The van der Waals surface area contributed by atoms with Gasteiger partial charge in [0.05, 0.1) is 13.7 Å². The Morgan fingerprint density at radius 1 is 1.15 bits per heavy atom. The van der Waals surface area contributed by atoms with Crippen molar-refractivity contribution in [3.63, 3.8) is 0 Å². The van der Waals surface area contributed by atoms with Crippen molar-refractivity contribution in [1.82, 2.24) is 4.59 Å². The molecule has 1 atom stereocenters. The second kappa shape index (κ2) is 7.72. The minimum Gasteiger partial charge on any atom is -0.497 e. The number of esters is 1. The number of carbonyl (C=O) groups is 1. The van der Waals surface area contributed by atoms with Gasteiger partial charge < -0.3 is 9.47 Å². The first-order valence-electron chi connectivity index (χ1n) is 8.35. The summed E-state index contributed by atoms with van der Waals surface area (Å²) in [7, 11) is 3.47. The first-order chi connectivity index (χ1) is 12.9. The van der Waals surface area contributed by atoms with Gasteiger partial charge in [-0.05, 0) is 43.3 Å². The lowest BCUT2D eigenvalue weighted by atomic mass is 10.1. The number of ether oxygens (including phenoxy) is 2. The van der Waals surface area contributed by atoms with E-state index < -0.39 is 5.97 Å². The van der Waals surface area contributed by atoms with E-state index >= 15 is 0 Å². The monoisotopic (exact) mass is 405 g/mol. The SMILES string of the molecule is CCOC(=O)C1=N[N+](C)(c2ccc(Cl)cc2Cl)C(c2ccc(OC)cc2)=C1. The van der Waals surface area contributed by atoms with Crippen LogP contribution in [0.5, 0.6) is 5.75 Å². The Kier molecular flexibility index (Phi) is 5.56. The molecular formula is C20H19Cl2N2O3+. The molecule has 0 fully saturated rings. The van der Waals surface area contributed by atoms with Crippen molar-refractivity contribution < 1.29 is 14.3 Å². The van der Waals surface area contributed by atoms with Crippen LogP contribution < -0.4 is 9.33 Å². The molecule has 0 aliphatic carbocycles. The van der Waals surface area contributed by atoms with Gasteiger partial charge in [0.25, 0.3) is 0 Å². The molecule has 0 aromatic heterocycles. The van der Waals surface area contributed by atoms with E-state index in [1.54, 1.807) is 38.3 Å². The third-order valence-corrected chi connectivity index (χ3v) is 4.84. The molecule has 0 saturated heterocycles. The molecule has 1 aliphatic rings. The number of benzene rings is 2. The van der Waals surface area contributed by atoms with E-state index in [4.69, 9.17) is 32.7 Å². The second-order valence-corrected chi connectivity index (χ2v) is 6.86. The highest BCUT2D eigenvalue weighted by Crippen LogP contribution is 2.42. The van der Waals surface area contributed by atoms with Crippen molar-refractivity contribution in [3.05, 3.63) is 64.1 Å². The average molecular weight is 406 g/mol. The van der Waals surface area contributed by atoms with Gasteiger partial charge >= 0.3 is 5.97 Å². The molecule has 5 nitrogen and oxygen atoms in total. The second-order valence-electron chi connectivity index (χ2n) is 6.02. The molecule has 0 radical (unpaired) electrons. The van der Waals surface area contributed by atoms with Crippen molar-refractivity contribution >= 4 is 46.3 Å². The minimum atomic E-state index is -0.476. The Labute approximate surface area is 168 Å². The minimum absolute atomic E-state index is 0.0313. The van der Waals surface area contributed by atoms with Gasteiger partial charge in [0.15, 0.2) is 11.4 Å². The smallest absolute Gasteiger partial charge is 0.362 e. The van der Waals surface area contributed by atoms with Crippen LogP contribution in [-0.4, -0.2) is 32.4 Å². The summed E-state index contributed by atoms with van der Waals surface area (Å²) in [6, 6.07) is 12.7. The molecule has 2 aromatic rings. The van der Waals surface area contributed by atoms with Crippen LogP contribution >= 0.6 is 23.2 Å². The fourth-order valence-corrected chi connectivity index (χ4v) is 3.55. The molecule has 0 saturated carbocycles. The molecule has 27 heavy (non-hydrogen) atoms. The zero-order valence-electron chi connectivity index (χ0n) is 15.2. The number of carbonyl (C=O) groups excluding carboxylic acids is 1. The molecule has 0 spiro atoms. The van der Waals surface area contributed by atoms with Gasteiger partial charge in [-0.3, -0.25) is 0 Å². The molecule has 0 N–H and O–H groups in total. The zero-order valence-corrected chi connectivity index (χ0v) is 16.7. The Morgan fingerprint density at radius 3 is 2.44 bits per heavy atom. The van der Waals surface area contributed by atoms with E-state index in [2.05, 4.69) is 5.10 Å². The molecule has 2 aromatic carbocycles. The summed E-state index contributed by atoms with van der Waals surface area (Å²) >= 11 is 12.5. The Balaban J connectivity index is 2.14. The summed E-state index contributed by atoms with van der Waals surface area (Å²) in [4.78, 5) is 12.3. The topological polar surface area (TPSA) is 47.9 Å². The summed E-state index contributed by atoms with van der Waals surface area (Å²) < 4.78 is 10.3. The first-order valence-corrected chi connectivity index (χ1v) is 9.11. The lowest BCUT2D eigenvalue weighted by Gasteiger charge is -2.27. The van der Waals surface area contributed by atoms with Gasteiger partial charge in [-0.15, -0.1) is 4.59 Å². The molecule has 1 aliphatic heterocycles. The highest BCUT2D eigenvalue weighted by Gasteiger charge is 2.41. The van der Waals surface area contributed by atoms with E-state index in [0.29, 0.717) is 15.7 Å². The summed E-state index contributed by atoms with van der Waals surface area (Å²) in [5, 5.41) is 5.61. The van der Waals surface area contributed by atoms with Gasteiger partial charge in [0, 0.05) is 22.7 Å². The van der Waals surface area contributed by atoms with E-state index in [9.17, 15) is 4.79 Å². The van der Waals surface area contributed by atoms with E-state index in [0.717, 1.165) is 17.0 Å². The Bertz CT molecular complexity index is 939. The predicted octanol–water partition coefficient (Wildman–Crippen LogP) is 4.91. The Morgan fingerprint density at radius 2 is 1.85 bits per heavy atom. The van der Waals surface area contributed by atoms with Crippen LogP contribution in [0.4, 0.5) is 5.69 Å². The van der Waals surface area contributed by atoms with Crippen molar-refractivity contribution in [2.75, 3.05) is 20.8 Å². The van der Waals surface area contributed by atoms with Crippen LogP contribution in [0.15, 0.2) is 53.6 Å². The van der Waals surface area contributed by atoms with Crippen LogP contribution in [0, 0.1) is 0 Å². The molecule has 0 amide bonds. The van der Waals surface area contributed by atoms with E-state index in [1.165, 1.54) is 0 Å². The fraction of sp³-hybridized carbons (Fsp3) is 0.200. The van der Waals surface area contributed by atoms with E-state index in [1.807, 2.05) is 31.3 Å². The van der Waals surface area contributed by atoms with Gasteiger partial charge in [0.1, 0.15) is 17.8 Å². The standard InChI is InChI=1S/C20H19Cl2N2O3/c1-4-27-20(25)17-12-19(13-5-8-15(26-3)9-6-13)24(2,23-17)18-10-7-14(21)11-16(18)22/h5-12H,4H2,1-3H3/q+1. The van der Waals surface area contributed by atoms with Crippen LogP contribution in [0.2, 0.25) is 10.0 Å². The molecule has 3 rings (SSSR count). The number of quaternary nitrogens is 1. The number of halogens is 2. The summed E-state index contributed by atoms with van der Waals surface area (Å²) in [6.45, 7) is 2.03. The van der Waals surface area contributed by atoms with Crippen LogP contribution in [0.1, 0.15) is 12.5 Å². The molecule has 140 valence electrons. The fourth-order valence-electron chi connectivity index (χ4n) is 2.97. The molecule has 1 unspecified atom stereocenters. The number of nitrogens with zero attached hydrogens (tertiary/aromatic N) is 2. The van der Waals surface area contributed by atoms with E-state index in [-0.39, 0.29) is 16.9 Å². The zero-order chi connectivity index (χ0) is 19.6. The maximum atomic E-state index is 12.3. The number of rotatable bonds is 5. The summed E-state index contributed by atoms with van der Waals surface area (Å²) in [6.07, 6.45) is 1.73. The lowest BCUT2D eigenvalue weighted by molar-refractivity contribution is -0.134. The highest BCUT2D eigenvalue weighted by atomic mass is 35.5. The van der Waals surface area contributed by atoms with Gasteiger partial charge in [-0.2, -0.15) is 0 Å². The third-order valence-electron chi connectivity index (χ3n) is 4.30. The number of methoxy groups -OCH3 is 1. The van der Waals surface area contributed by atoms with Gasteiger partial charge in [0.2, 0.25) is 5.71 Å². The summed E-state index contributed by atoms with van der Waals surface area (Å²) in [5.41, 5.74) is 2.59. The summed E-state index contributed by atoms with van der Waals surface area (Å²) in [5.74, 6) is 0.262. The predicted molar refractivity (Wildman–Crippen MR) is 109 cm³/mol. The molecule has 0 bridgehead atoms. The lowest BCUT2D eigenvalue weighted by Crippen LogP contribution is -2.35. The van der Waals surface area contributed by atoms with Crippen molar-refractivity contribution in [1.29, 1.82) is 0 Å². The first kappa shape index (κ1) is 19.4. The van der Waals surface area contributed by atoms with Gasteiger partial charge in [-0.1, -0.05) is 28.3 Å². The van der Waals surface area contributed by atoms with Crippen molar-refractivity contribution in [3.8, 4) is 5.75 Å². The van der Waals surface area contributed by atoms with Crippen molar-refractivity contribution in [2.24, 2.45) is 5.10 Å². The maximum absolute atomic E-state index is 12.3. The maximum Gasteiger partial charge on any atom is 0.362 e. The normalized spacial score (nSPS) is 18.7. The largest absolute Gasteiger partial charge is 0.497 e. The number of hydrogen-bond acceptors (Lipinski definition) is 4. The highest BCUT2D eigenvalue weighted by molar-refractivity contribution is 6.44. The van der Waals surface area contributed by atoms with Crippen LogP contribution in [0.3, 0.4) is 0 Å². The quantitative estimate of drug-likeness (QED) is 0.524. The molecular weight excluding hydrogens is 387 g/mol. The molecule has 1 heterocycles. The van der Waals surface area contributed by atoms with Crippen LogP contribution in [0.25, 0.3) is 5.70 Å². The Hall–Kier alpha value is -2.34. The average Bonchev–Trinajstić information content (AvgIpc) is 3.00. The molecule has 7 heteroatoms. The van der Waals surface area contributed by atoms with Crippen LogP contribution in [-0.2, 0) is 9.53 Å². The number of hydrogen-bond donors (Lipinski definition) is 0. The van der Waals surface area contributed by atoms with Gasteiger partial charge in [-0.25, -0.2) is 4.79 Å². The van der Waals surface area contributed by atoms with Crippen molar-refractivity contribution in [2.45, 2.75) is 6.92 Å².